The highest BCUT2D eigenvalue weighted by atomic mass is 16.5. The molecule has 0 aromatic rings. The molecule has 0 bridgehead atoms. The van der Waals surface area contributed by atoms with E-state index in [-0.39, 0.29) is 5.97 Å². The maximum absolute atomic E-state index is 10.9. The van der Waals surface area contributed by atoms with Crippen molar-refractivity contribution in [2.45, 2.75) is 33.6 Å². The van der Waals surface area contributed by atoms with Crippen molar-refractivity contribution in [2.24, 2.45) is 0 Å². The molecule has 11 heavy (non-hydrogen) atoms. The summed E-state index contributed by atoms with van der Waals surface area (Å²) in [6.07, 6.45) is 3.33. The van der Waals surface area contributed by atoms with Crippen LogP contribution in [0.15, 0.2) is 11.6 Å². The number of carbonyl (C=O) groups excluding carboxylic acids is 1. The largest absolute Gasteiger partial charge is 0.463 e. The van der Waals surface area contributed by atoms with Crippen molar-refractivity contribution >= 4 is 5.97 Å². The van der Waals surface area contributed by atoms with E-state index in [9.17, 15) is 4.79 Å². The van der Waals surface area contributed by atoms with Gasteiger partial charge in [0.1, 0.15) is 0 Å². The van der Waals surface area contributed by atoms with Gasteiger partial charge in [-0.2, -0.15) is 0 Å². The molecule has 0 heterocycles. The molecule has 0 unspecified atom stereocenters. The summed E-state index contributed by atoms with van der Waals surface area (Å²) in [6.45, 7) is 6.43. The molecule has 0 saturated heterocycles. The molecule has 2 heteroatoms. The van der Waals surface area contributed by atoms with Crippen molar-refractivity contribution in [3.8, 4) is 0 Å². The van der Waals surface area contributed by atoms with Crippen molar-refractivity contribution in [1.29, 1.82) is 0 Å². The van der Waals surface area contributed by atoms with Crippen molar-refractivity contribution < 1.29 is 9.53 Å². The normalized spacial score (nSPS) is 11.4. The molecule has 2 nitrogen and oxygen atoms in total. The number of hydrogen-bond acceptors (Lipinski definition) is 2. The Balaban J connectivity index is 3.67. The van der Waals surface area contributed by atoms with Crippen LogP contribution in [0.4, 0.5) is 0 Å². The average Bonchev–Trinajstić information content (AvgIpc) is 2.00. The van der Waals surface area contributed by atoms with Crippen LogP contribution < -0.4 is 0 Å². The Bertz CT molecular complexity index is 148. The van der Waals surface area contributed by atoms with E-state index in [1.54, 1.807) is 6.08 Å². The van der Waals surface area contributed by atoms with E-state index in [1.807, 2.05) is 20.8 Å². The van der Waals surface area contributed by atoms with Gasteiger partial charge in [-0.3, -0.25) is 0 Å². The minimum absolute atomic E-state index is 0.216. The summed E-state index contributed by atoms with van der Waals surface area (Å²) in [4.78, 5) is 10.9. The molecule has 0 aliphatic rings. The zero-order valence-electron chi connectivity index (χ0n) is 7.52. The van der Waals surface area contributed by atoms with Gasteiger partial charge in [-0.1, -0.05) is 19.4 Å². The standard InChI is InChI=1S/C9H16O2/c1-4-6-11-9(10)7-8(3)5-2/h7H,4-6H2,1-3H3/b8-7+. The molecule has 0 aliphatic heterocycles. The number of rotatable bonds is 4. The Morgan fingerprint density at radius 2 is 2.09 bits per heavy atom. The second-order valence-corrected chi connectivity index (χ2v) is 2.51. The summed E-state index contributed by atoms with van der Waals surface area (Å²) >= 11 is 0. The molecule has 0 atom stereocenters. The van der Waals surface area contributed by atoms with E-state index in [0.717, 1.165) is 18.4 Å². The monoisotopic (exact) mass is 156 g/mol. The molecule has 0 aromatic heterocycles. The summed E-state index contributed by atoms with van der Waals surface area (Å²) in [7, 11) is 0. The van der Waals surface area contributed by atoms with Gasteiger partial charge in [-0.15, -0.1) is 0 Å². The summed E-state index contributed by atoms with van der Waals surface area (Å²) in [5.74, 6) is -0.216. The van der Waals surface area contributed by atoms with Gasteiger partial charge in [-0.05, 0) is 19.8 Å². The van der Waals surface area contributed by atoms with Gasteiger partial charge in [0.2, 0.25) is 0 Å². The van der Waals surface area contributed by atoms with E-state index < -0.39 is 0 Å². The first-order chi connectivity index (χ1) is 5.20. The summed E-state index contributed by atoms with van der Waals surface area (Å²) < 4.78 is 4.85. The first kappa shape index (κ1) is 10.2. The highest BCUT2D eigenvalue weighted by molar-refractivity contribution is 5.82. The van der Waals surface area contributed by atoms with E-state index >= 15 is 0 Å². The van der Waals surface area contributed by atoms with E-state index in [4.69, 9.17) is 4.74 Å². The maximum atomic E-state index is 10.9. The number of ether oxygens (including phenoxy) is 1. The third-order valence-corrected chi connectivity index (χ3v) is 1.37. The van der Waals surface area contributed by atoms with Gasteiger partial charge in [-0.25, -0.2) is 4.79 Å². The van der Waals surface area contributed by atoms with Gasteiger partial charge in [0.15, 0.2) is 0 Å². The number of carbonyl (C=O) groups is 1. The highest BCUT2D eigenvalue weighted by Crippen LogP contribution is 1.98. The number of esters is 1. The van der Waals surface area contributed by atoms with E-state index in [2.05, 4.69) is 0 Å². The predicted octanol–water partition coefficient (Wildman–Crippen LogP) is 2.30. The van der Waals surface area contributed by atoms with Crippen LogP contribution in [0.5, 0.6) is 0 Å². The highest BCUT2D eigenvalue weighted by Gasteiger charge is 1.95. The third-order valence-electron chi connectivity index (χ3n) is 1.37. The third kappa shape index (κ3) is 5.64. The molecule has 0 rings (SSSR count). The van der Waals surface area contributed by atoms with Gasteiger partial charge in [0, 0.05) is 6.08 Å². The van der Waals surface area contributed by atoms with Crippen molar-refractivity contribution in [3.63, 3.8) is 0 Å². The summed E-state index contributed by atoms with van der Waals surface area (Å²) in [5.41, 5.74) is 1.06. The fourth-order valence-electron chi connectivity index (χ4n) is 0.548. The lowest BCUT2D eigenvalue weighted by molar-refractivity contribution is -0.137. The fourth-order valence-corrected chi connectivity index (χ4v) is 0.548. The van der Waals surface area contributed by atoms with Crippen LogP contribution in [0.2, 0.25) is 0 Å². The van der Waals surface area contributed by atoms with Gasteiger partial charge >= 0.3 is 5.97 Å². The first-order valence-corrected chi connectivity index (χ1v) is 4.04. The van der Waals surface area contributed by atoms with Crippen molar-refractivity contribution in [3.05, 3.63) is 11.6 Å². The number of allylic oxidation sites excluding steroid dienone is 1. The molecule has 0 spiro atoms. The zero-order valence-corrected chi connectivity index (χ0v) is 7.52. The fraction of sp³-hybridized carbons (Fsp3) is 0.667. The van der Waals surface area contributed by atoms with Crippen LogP contribution >= 0.6 is 0 Å². The summed E-state index contributed by atoms with van der Waals surface area (Å²) in [6, 6.07) is 0. The molecule has 64 valence electrons. The van der Waals surface area contributed by atoms with Crippen LogP contribution in [0.25, 0.3) is 0 Å². The van der Waals surface area contributed by atoms with E-state index in [1.165, 1.54) is 0 Å². The molecular weight excluding hydrogens is 140 g/mol. The van der Waals surface area contributed by atoms with Crippen LogP contribution in [0, 0.1) is 0 Å². The van der Waals surface area contributed by atoms with Crippen molar-refractivity contribution in [2.75, 3.05) is 6.61 Å². The predicted molar refractivity (Wildman–Crippen MR) is 45.3 cm³/mol. The lowest BCUT2D eigenvalue weighted by Gasteiger charge is -1.98. The molecule has 0 aromatic carbocycles. The van der Waals surface area contributed by atoms with E-state index in [0.29, 0.717) is 6.61 Å². The Labute approximate surface area is 68.2 Å². The lowest BCUT2D eigenvalue weighted by atomic mass is 10.2. The van der Waals surface area contributed by atoms with Crippen LogP contribution in [0.3, 0.4) is 0 Å². The molecule has 0 amide bonds. The quantitative estimate of drug-likeness (QED) is 0.461. The molecule has 0 fully saturated rings. The second kappa shape index (κ2) is 5.96. The zero-order chi connectivity index (χ0) is 8.69. The van der Waals surface area contributed by atoms with Gasteiger partial charge < -0.3 is 4.74 Å². The maximum Gasteiger partial charge on any atom is 0.330 e. The Kier molecular flexibility index (Phi) is 5.53. The minimum Gasteiger partial charge on any atom is -0.463 e. The number of hydrogen-bond donors (Lipinski definition) is 0. The Morgan fingerprint density at radius 3 is 2.55 bits per heavy atom. The van der Waals surface area contributed by atoms with Gasteiger partial charge in [0.25, 0.3) is 0 Å². The first-order valence-electron chi connectivity index (χ1n) is 4.04. The topological polar surface area (TPSA) is 26.3 Å². The smallest absolute Gasteiger partial charge is 0.330 e. The molecule has 0 radical (unpaired) electrons. The summed E-state index contributed by atoms with van der Waals surface area (Å²) in [5, 5.41) is 0. The molecular formula is C9H16O2. The van der Waals surface area contributed by atoms with Crippen LogP contribution in [0.1, 0.15) is 33.6 Å². The lowest BCUT2D eigenvalue weighted by Crippen LogP contribution is -2.01. The Morgan fingerprint density at radius 1 is 1.45 bits per heavy atom. The Hall–Kier alpha value is -0.790. The average molecular weight is 156 g/mol. The molecule has 0 N–H and O–H groups in total. The van der Waals surface area contributed by atoms with Crippen LogP contribution in [-0.2, 0) is 9.53 Å². The van der Waals surface area contributed by atoms with Crippen molar-refractivity contribution in [1.82, 2.24) is 0 Å². The second-order valence-electron chi connectivity index (χ2n) is 2.51. The minimum atomic E-state index is -0.216. The molecule has 0 saturated carbocycles. The molecule has 0 aliphatic carbocycles. The van der Waals surface area contributed by atoms with Gasteiger partial charge in [0.05, 0.1) is 6.61 Å². The SMILES string of the molecule is CCCOC(=O)/C=C(\C)CC. The van der Waals surface area contributed by atoms with Crippen LogP contribution in [-0.4, -0.2) is 12.6 Å².